The van der Waals surface area contributed by atoms with Gasteiger partial charge in [0.05, 0.1) is 12.6 Å². The smallest absolute Gasteiger partial charge is 0.158 e. The Kier molecular flexibility index (Phi) is 3.51. The Morgan fingerprint density at radius 3 is 3.04 bits per heavy atom. The molecule has 0 amide bonds. The highest BCUT2D eigenvalue weighted by atomic mass is 16.3. The second-order valence-electron chi connectivity index (χ2n) is 5.20. The van der Waals surface area contributed by atoms with E-state index in [1.54, 1.807) is 17.0 Å². The lowest BCUT2D eigenvalue weighted by molar-refractivity contribution is 0.579. The number of aryl methyl sites for hydroxylation is 1. The first-order valence-corrected chi connectivity index (χ1v) is 7.48. The van der Waals surface area contributed by atoms with Crippen molar-refractivity contribution in [3.63, 3.8) is 0 Å². The second kappa shape index (κ2) is 5.96. The molecular weight excluding hydrogens is 292 g/mol. The summed E-state index contributed by atoms with van der Waals surface area (Å²) in [5.41, 5.74) is 1.57. The fraction of sp³-hybridized carbons (Fsp3) is 0.188. The SMILES string of the molecule is c1coc(-c2cc3nc(NCCCn4ccnc4)ccn3n2)c1. The minimum atomic E-state index is 0.741. The van der Waals surface area contributed by atoms with Gasteiger partial charge in [0.2, 0.25) is 0 Å². The van der Waals surface area contributed by atoms with Gasteiger partial charge < -0.3 is 14.3 Å². The van der Waals surface area contributed by atoms with Crippen LogP contribution in [-0.2, 0) is 6.54 Å². The van der Waals surface area contributed by atoms with Gasteiger partial charge in [-0.25, -0.2) is 14.5 Å². The zero-order valence-corrected chi connectivity index (χ0v) is 12.5. The van der Waals surface area contributed by atoms with Crippen molar-refractivity contribution in [1.29, 1.82) is 0 Å². The van der Waals surface area contributed by atoms with Crippen LogP contribution < -0.4 is 5.32 Å². The minimum absolute atomic E-state index is 0.741. The van der Waals surface area contributed by atoms with Gasteiger partial charge in [0.25, 0.3) is 0 Å². The fourth-order valence-corrected chi connectivity index (χ4v) is 2.42. The van der Waals surface area contributed by atoms with E-state index in [9.17, 15) is 0 Å². The molecule has 0 unspecified atom stereocenters. The van der Waals surface area contributed by atoms with Crippen LogP contribution in [0.3, 0.4) is 0 Å². The van der Waals surface area contributed by atoms with Gasteiger partial charge in [-0.15, -0.1) is 0 Å². The van der Waals surface area contributed by atoms with Crippen molar-refractivity contribution in [2.75, 3.05) is 11.9 Å². The normalized spacial score (nSPS) is 11.1. The number of fused-ring (bicyclic) bond motifs is 1. The monoisotopic (exact) mass is 308 g/mol. The fourth-order valence-electron chi connectivity index (χ4n) is 2.42. The van der Waals surface area contributed by atoms with Gasteiger partial charge in [0.1, 0.15) is 11.5 Å². The number of aromatic nitrogens is 5. The van der Waals surface area contributed by atoms with E-state index < -0.39 is 0 Å². The van der Waals surface area contributed by atoms with E-state index in [2.05, 4.69) is 25.0 Å². The Morgan fingerprint density at radius 1 is 1.22 bits per heavy atom. The maximum Gasteiger partial charge on any atom is 0.158 e. The second-order valence-corrected chi connectivity index (χ2v) is 5.20. The number of hydrogen-bond donors (Lipinski definition) is 1. The number of anilines is 1. The molecule has 0 radical (unpaired) electrons. The summed E-state index contributed by atoms with van der Waals surface area (Å²) >= 11 is 0. The van der Waals surface area contributed by atoms with E-state index in [0.717, 1.165) is 42.4 Å². The summed E-state index contributed by atoms with van der Waals surface area (Å²) < 4.78 is 9.17. The summed E-state index contributed by atoms with van der Waals surface area (Å²) in [5.74, 6) is 1.58. The van der Waals surface area contributed by atoms with E-state index >= 15 is 0 Å². The van der Waals surface area contributed by atoms with Crippen LogP contribution in [0.1, 0.15) is 6.42 Å². The molecule has 23 heavy (non-hydrogen) atoms. The Bertz CT molecular complexity index is 879. The number of rotatable bonds is 6. The van der Waals surface area contributed by atoms with Gasteiger partial charge in [-0.05, 0) is 24.6 Å². The van der Waals surface area contributed by atoms with Crippen molar-refractivity contribution < 1.29 is 4.42 Å². The molecule has 4 rings (SSSR count). The van der Waals surface area contributed by atoms with Crippen LogP contribution in [0.2, 0.25) is 0 Å². The van der Waals surface area contributed by atoms with Gasteiger partial charge in [-0.3, -0.25) is 0 Å². The number of nitrogens with zero attached hydrogens (tertiary/aromatic N) is 5. The topological polar surface area (TPSA) is 73.2 Å². The molecule has 1 N–H and O–H groups in total. The summed E-state index contributed by atoms with van der Waals surface area (Å²) in [7, 11) is 0. The molecule has 116 valence electrons. The number of furan rings is 1. The highest BCUT2D eigenvalue weighted by molar-refractivity contribution is 5.60. The molecule has 0 aliphatic rings. The maximum absolute atomic E-state index is 5.37. The number of imidazole rings is 1. The number of hydrogen-bond acceptors (Lipinski definition) is 5. The van der Waals surface area contributed by atoms with Crippen molar-refractivity contribution in [2.45, 2.75) is 13.0 Å². The molecular formula is C16H16N6O. The van der Waals surface area contributed by atoms with E-state index in [-0.39, 0.29) is 0 Å². The van der Waals surface area contributed by atoms with Crippen LogP contribution >= 0.6 is 0 Å². The maximum atomic E-state index is 5.37. The zero-order valence-electron chi connectivity index (χ0n) is 12.5. The van der Waals surface area contributed by atoms with Crippen LogP contribution in [0.25, 0.3) is 17.1 Å². The molecule has 0 saturated carbocycles. The molecule has 0 saturated heterocycles. The largest absolute Gasteiger partial charge is 0.463 e. The van der Waals surface area contributed by atoms with Crippen molar-refractivity contribution in [2.24, 2.45) is 0 Å². The Morgan fingerprint density at radius 2 is 2.22 bits per heavy atom. The van der Waals surface area contributed by atoms with Crippen molar-refractivity contribution in [1.82, 2.24) is 24.1 Å². The molecule has 0 spiro atoms. The predicted molar refractivity (Wildman–Crippen MR) is 86.0 cm³/mol. The first kappa shape index (κ1) is 13.6. The average molecular weight is 308 g/mol. The van der Waals surface area contributed by atoms with Gasteiger partial charge in [-0.1, -0.05) is 0 Å². The van der Waals surface area contributed by atoms with E-state index in [4.69, 9.17) is 4.42 Å². The van der Waals surface area contributed by atoms with Gasteiger partial charge in [0.15, 0.2) is 11.4 Å². The summed E-state index contributed by atoms with van der Waals surface area (Å²) in [5, 5.41) is 7.78. The van der Waals surface area contributed by atoms with Crippen LogP contribution in [-0.4, -0.2) is 30.7 Å². The third kappa shape index (κ3) is 2.94. The van der Waals surface area contributed by atoms with Crippen LogP contribution in [0.15, 0.2) is 59.9 Å². The van der Waals surface area contributed by atoms with Gasteiger partial charge >= 0.3 is 0 Å². The highest BCUT2D eigenvalue weighted by Gasteiger charge is 2.08. The molecule has 0 aliphatic carbocycles. The highest BCUT2D eigenvalue weighted by Crippen LogP contribution is 2.19. The lowest BCUT2D eigenvalue weighted by Gasteiger charge is -2.06. The van der Waals surface area contributed by atoms with Crippen molar-refractivity contribution in [3.8, 4) is 11.5 Å². The third-order valence-electron chi connectivity index (χ3n) is 3.56. The molecule has 0 aromatic carbocycles. The minimum Gasteiger partial charge on any atom is -0.463 e. The molecule has 7 nitrogen and oxygen atoms in total. The molecule has 0 bridgehead atoms. The summed E-state index contributed by atoms with van der Waals surface area (Å²) in [6, 6.07) is 7.57. The molecule has 4 aromatic heterocycles. The quantitative estimate of drug-likeness (QED) is 0.554. The predicted octanol–water partition coefficient (Wildman–Crippen LogP) is 2.69. The van der Waals surface area contributed by atoms with E-state index in [1.807, 2.05) is 43.0 Å². The van der Waals surface area contributed by atoms with Crippen LogP contribution in [0, 0.1) is 0 Å². The Labute approximate surface area is 132 Å². The van der Waals surface area contributed by atoms with Crippen molar-refractivity contribution >= 4 is 11.5 Å². The zero-order chi connectivity index (χ0) is 15.5. The lowest BCUT2D eigenvalue weighted by Crippen LogP contribution is -2.07. The molecule has 7 heteroatoms. The molecule has 0 aliphatic heterocycles. The summed E-state index contributed by atoms with van der Waals surface area (Å²) in [6.07, 6.45) is 10.1. The molecule has 4 aromatic rings. The Balaban J connectivity index is 1.42. The third-order valence-corrected chi connectivity index (χ3v) is 3.56. The van der Waals surface area contributed by atoms with Gasteiger partial charge in [-0.2, -0.15) is 5.10 Å². The summed E-state index contributed by atoms with van der Waals surface area (Å²) in [6.45, 7) is 1.78. The van der Waals surface area contributed by atoms with Gasteiger partial charge in [0, 0.05) is 37.7 Å². The van der Waals surface area contributed by atoms with Crippen LogP contribution in [0.4, 0.5) is 5.82 Å². The average Bonchev–Trinajstić information content (AvgIpc) is 3.31. The first-order valence-electron chi connectivity index (χ1n) is 7.48. The molecule has 0 atom stereocenters. The van der Waals surface area contributed by atoms with Crippen LogP contribution in [0.5, 0.6) is 0 Å². The van der Waals surface area contributed by atoms with E-state index in [1.165, 1.54) is 0 Å². The Hall–Kier alpha value is -3.09. The van der Waals surface area contributed by atoms with Crippen molar-refractivity contribution in [3.05, 3.63) is 55.4 Å². The standard InChI is InChI=1S/C16H16N6O/c1-3-14(23-10-1)13-11-16-19-15(4-8-22(16)20-13)18-5-2-7-21-9-6-17-12-21/h1,3-4,6,8-12H,2,5,7H2,(H,18,19). The number of nitrogens with one attached hydrogen (secondary N) is 1. The first-order chi connectivity index (χ1) is 11.4. The molecule has 4 heterocycles. The summed E-state index contributed by atoms with van der Waals surface area (Å²) in [4.78, 5) is 8.60. The van der Waals surface area contributed by atoms with E-state index in [0.29, 0.717) is 0 Å². The lowest BCUT2D eigenvalue weighted by atomic mass is 10.3. The molecule has 0 fully saturated rings.